The first kappa shape index (κ1) is 20.9. The fourth-order valence-electron chi connectivity index (χ4n) is 0.642. The topological polar surface area (TPSA) is 69.2 Å². The third kappa shape index (κ3) is 8.35. The van der Waals surface area contributed by atoms with E-state index in [2.05, 4.69) is 0 Å². The van der Waals surface area contributed by atoms with Crippen molar-refractivity contribution < 1.29 is 103 Å². The van der Waals surface area contributed by atoms with Crippen LogP contribution in [0.5, 0.6) is 0 Å². The van der Waals surface area contributed by atoms with Gasteiger partial charge in [0.1, 0.15) is 0 Å². The van der Waals surface area contributed by atoms with E-state index in [4.69, 9.17) is 0 Å². The average molecular weight is 226 g/mol. The number of hydrogen-bond donors (Lipinski definition) is 0. The van der Waals surface area contributed by atoms with Gasteiger partial charge in [-0.1, -0.05) is 0 Å². The summed E-state index contributed by atoms with van der Waals surface area (Å²) in [5.74, 6) is 0. The molecule has 0 amide bonds. The molecule has 1 aromatic carbocycles. The Kier molecular flexibility index (Phi) is 15.6. The molecule has 56 valence electrons. The molecule has 7 heteroatoms. The maximum atomic E-state index is 10.3. The molecule has 0 bridgehead atoms. The summed E-state index contributed by atoms with van der Waals surface area (Å²) in [6.45, 7) is 0. The second-order valence-electron chi connectivity index (χ2n) is 1.92. The predicted octanol–water partition coefficient (Wildman–Crippen LogP) is -11.1. The van der Waals surface area contributed by atoms with E-state index in [1.165, 1.54) is 24.3 Å². The van der Waals surface area contributed by atoms with Crippen molar-refractivity contribution in [2.75, 3.05) is 0 Å². The summed E-state index contributed by atoms with van der Waals surface area (Å²) >= 11 is 0. The molecule has 3 nitrogen and oxygen atoms in total. The van der Waals surface area contributed by atoms with Gasteiger partial charge in [0, 0.05) is 0 Å². The molecule has 0 N–H and O–H groups in total. The fraction of sp³-hybridized carbons (Fsp3) is 0. The van der Waals surface area contributed by atoms with Crippen molar-refractivity contribution in [3.05, 3.63) is 30.3 Å². The minimum atomic E-state index is -4.78. The van der Waals surface area contributed by atoms with Crippen molar-refractivity contribution in [1.29, 1.82) is 0 Å². The SMILES string of the molecule is [Na+].[Na+].[Na+].[O-][PH]([O-])([O-])c1ccccc1. The molecule has 0 spiro atoms. The monoisotopic (exact) mass is 226 g/mol. The summed E-state index contributed by atoms with van der Waals surface area (Å²) in [5, 5.41) is -0.130. The summed E-state index contributed by atoms with van der Waals surface area (Å²) in [6, 6.07) is 7.28. The molecule has 0 saturated carbocycles. The van der Waals surface area contributed by atoms with Crippen molar-refractivity contribution in [1.82, 2.24) is 0 Å². The van der Waals surface area contributed by atoms with Crippen molar-refractivity contribution >= 4 is 13.2 Å². The van der Waals surface area contributed by atoms with Crippen LogP contribution in [0.3, 0.4) is 0 Å². The average Bonchev–Trinajstić information content (AvgIpc) is 1.88. The van der Waals surface area contributed by atoms with Crippen molar-refractivity contribution in [3.8, 4) is 0 Å². The van der Waals surface area contributed by atoms with Crippen LogP contribution in [0.1, 0.15) is 0 Å². The van der Waals surface area contributed by atoms with Crippen LogP contribution in [0.15, 0.2) is 30.3 Å². The van der Waals surface area contributed by atoms with E-state index in [1.807, 2.05) is 0 Å². The molecule has 0 radical (unpaired) electrons. The fourth-order valence-corrected chi connectivity index (χ4v) is 1.24. The van der Waals surface area contributed by atoms with Crippen LogP contribution >= 0.6 is 7.94 Å². The first-order valence-electron chi connectivity index (χ1n) is 2.77. The van der Waals surface area contributed by atoms with Crippen LogP contribution in [0.25, 0.3) is 0 Å². The third-order valence-electron chi connectivity index (χ3n) is 1.13. The molecule has 0 aliphatic heterocycles. The molecule has 0 aromatic heterocycles. The molecule has 1 aromatic rings. The molecule has 0 aliphatic rings. The van der Waals surface area contributed by atoms with Crippen molar-refractivity contribution in [3.63, 3.8) is 0 Å². The van der Waals surface area contributed by atoms with E-state index in [0.29, 0.717) is 0 Å². The zero-order valence-corrected chi connectivity index (χ0v) is 15.1. The Morgan fingerprint density at radius 1 is 0.769 bits per heavy atom. The molecule has 13 heavy (non-hydrogen) atoms. The molecule has 0 aliphatic carbocycles. The van der Waals surface area contributed by atoms with Crippen LogP contribution in [-0.2, 0) is 0 Å². The molecular formula is C6H6Na3O3P. The Hall–Kier alpha value is 2.53. The zero-order chi connectivity index (χ0) is 7.61. The Bertz CT molecular complexity index is 214. The van der Waals surface area contributed by atoms with Gasteiger partial charge in [-0.2, -0.15) is 0 Å². The second-order valence-corrected chi connectivity index (χ2v) is 3.61. The van der Waals surface area contributed by atoms with Gasteiger partial charge in [-0.3, -0.25) is 0 Å². The van der Waals surface area contributed by atoms with Gasteiger partial charge in [0.15, 0.2) is 0 Å². The van der Waals surface area contributed by atoms with Crippen LogP contribution in [-0.4, -0.2) is 0 Å². The number of benzene rings is 1. The normalized spacial score (nSPS) is 10.1. The summed E-state index contributed by atoms with van der Waals surface area (Å²) in [6.07, 6.45) is 0. The molecule has 1 rings (SSSR count). The quantitative estimate of drug-likeness (QED) is 0.352. The number of rotatable bonds is 1. The standard InChI is InChI=1S/C6H6O3P.3Na/c7-10(8,9)6-4-2-1-3-5-6;;;/h1-5,10H;;;/q-3;3*+1. The van der Waals surface area contributed by atoms with Crippen molar-refractivity contribution in [2.45, 2.75) is 0 Å². The summed E-state index contributed by atoms with van der Waals surface area (Å²) in [4.78, 5) is 31.0. The van der Waals surface area contributed by atoms with Crippen LogP contribution in [0.2, 0.25) is 0 Å². The molecule has 0 heterocycles. The van der Waals surface area contributed by atoms with Crippen LogP contribution in [0, 0.1) is 0 Å². The molecular weight excluding hydrogens is 220 g/mol. The number of hydrogen-bond acceptors (Lipinski definition) is 3. The van der Waals surface area contributed by atoms with Gasteiger partial charge < -0.3 is 0 Å². The maximum absolute atomic E-state index is 10.3. The van der Waals surface area contributed by atoms with Gasteiger partial charge in [0.2, 0.25) is 0 Å². The summed E-state index contributed by atoms with van der Waals surface area (Å²) in [5.41, 5.74) is 0. The molecule has 0 unspecified atom stereocenters. The van der Waals surface area contributed by atoms with E-state index >= 15 is 0 Å². The van der Waals surface area contributed by atoms with Gasteiger partial charge in [-0.25, -0.2) is 0 Å². The Labute approximate surface area is 144 Å². The van der Waals surface area contributed by atoms with E-state index in [1.54, 1.807) is 6.07 Å². The molecule has 0 atom stereocenters. The summed E-state index contributed by atoms with van der Waals surface area (Å²) < 4.78 is 0. The first-order chi connectivity index (χ1) is 4.61. The third-order valence-corrected chi connectivity index (χ3v) is 2.17. The van der Waals surface area contributed by atoms with E-state index < -0.39 is 7.94 Å². The Balaban J connectivity index is -0.000000333. The minimum absolute atomic E-state index is 0. The molecule has 0 saturated heterocycles. The Morgan fingerprint density at radius 3 is 1.38 bits per heavy atom. The van der Waals surface area contributed by atoms with Gasteiger partial charge in [0.25, 0.3) is 0 Å². The van der Waals surface area contributed by atoms with Crippen molar-refractivity contribution in [2.24, 2.45) is 0 Å². The Morgan fingerprint density at radius 2 is 1.15 bits per heavy atom. The van der Waals surface area contributed by atoms with Gasteiger partial charge in [-0.05, 0) is 0 Å². The molecule has 0 fully saturated rings. The van der Waals surface area contributed by atoms with Gasteiger partial charge in [0.05, 0.1) is 0 Å². The zero-order valence-electron chi connectivity index (χ0n) is 8.11. The van der Waals surface area contributed by atoms with Crippen LogP contribution in [0.4, 0.5) is 0 Å². The van der Waals surface area contributed by atoms with Crippen LogP contribution < -0.4 is 109 Å². The first-order valence-corrected chi connectivity index (χ1v) is 4.50. The van der Waals surface area contributed by atoms with E-state index in [-0.39, 0.29) is 94.0 Å². The van der Waals surface area contributed by atoms with E-state index in [9.17, 15) is 14.7 Å². The van der Waals surface area contributed by atoms with E-state index in [0.717, 1.165) is 0 Å². The van der Waals surface area contributed by atoms with Gasteiger partial charge in [-0.15, -0.1) is 0 Å². The summed E-state index contributed by atoms with van der Waals surface area (Å²) in [7, 11) is -4.78. The predicted molar refractivity (Wildman–Crippen MR) is 34.4 cm³/mol. The van der Waals surface area contributed by atoms with Gasteiger partial charge >= 0.3 is 147 Å². The second kappa shape index (κ2) is 9.73.